The molecule has 0 spiro atoms. The van der Waals surface area contributed by atoms with Gasteiger partial charge in [0.05, 0.1) is 31.6 Å². The second-order valence-electron chi connectivity index (χ2n) is 10.0. The van der Waals surface area contributed by atoms with E-state index in [1.54, 1.807) is 46.1 Å². The molecule has 10 nitrogen and oxygen atoms in total. The number of amides is 1. The summed E-state index contributed by atoms with van der Waals surface area (Å²) in [5, 5.41) is 9.79. The Labute approximate surface area is 254 Å². The molecule has 42 heavy (non-hydrogen) atoms. The van der Waals surface area contributed by atoms with E-state index >= 15 is 0 Å². The van der Waals surface area contributed by atoms with Crippen molar-refractivity contribution < 1.29 is 23.8 Å². The number of carbonyl (C=O) groups is 2. The van der Waals surface area contributed by atoms with Gasteiger partial charge in [0.25, 0.3) is 11.5 Å². The lowest BCUT2D eigenvalue weighted by molar-refractivity contribution is -0.148. The number of hydrogen-bond donors (Lipinski definition) is 0. The summed E-state index contributed by atoms with van der Waals surface area (Å²) in [5.41, 5.74) is 1.60. The number of anilines is 1. The number of esters is 1. The number of rotatable bonds is 9. The maximum atomic E-state index is 13.6. The Morgan fingerprint density at radius 3 is 2.64 bits per heavy atom. The lowest BCUT2D eigenvalue weighted by atomic mass is 9.96. The van der Waals surface area contributed by atoms with Gasteiger partial charge in [0.2, 0.25) is 0 Å². The van der Waals surface area contributed by atoms with E-state index in [1.807, 2.05) is 29.2 Å². The SMILES string of the molecule is CCOC(=O)C1CCCN(c2c(C=C3SC(=S)N(CCc4ccc(OC)c(OC)c4)C3=O)c(C)c(C#N)c(=O)n2C)C1. The average molecular weight is 611 g/mol. The van der Waals surface area contributed by atoms with Crippen LogP contribution in [0.3, 0.4) is 0 Å². The number of ether oxygens (including phenoxy) is 3. The highest BCUT2D eigenvalue weighted by atomic mass is 32.2. The Morgan fingerprint density at radius 1 is 1.24 bits per heavy atom. The van der Waals surface area contributed by atoms with Crippen molar-refractivity contribution in [1.82, 2.24) is 9.47 Å². The molecular weight excluding hydrogens is 576 g/mol. The molecule has 222 valence electrons. The van der Waals surface area contributed by atoms with Crippen molar-refractivity contribution in [3.8, 4) is 17.6 Å². The Hall–Kier alpha value is -3.82. The van der Waals surface area contributed by atoms with Gasteiger partial charge in [0.15, 0.2) is 11.5 Å². The van der Waals surface area contributed by atoms with Crippen molar-refractivity contribution in [3.05, 3.63) is 55.7 Å². The van der Waals surface area contributed by atoms with E-state index in [9.17, 15) is 19.6 Å². The Kier molecular flexibility index (Phi) is 9.96. The summed E-state index contributed by atoms with van der Waals surface area (Å²) in [5.74, 6) is 0.931. The minimum Gasteiger partial charge on any atom is -0.493 e. The fraction of sp³-hybridized carbons (Fsp3) is 0.433. The highest BCUT2D eigenvalue weighted by Gasteiger charge is 2.34. The summed E-state index contributed by atoms with van der Waals surface area (Å²) in [6.45, 7) is 5.12. The van der Waals surface area contributed by atoms with E-state index in [-0.39, 0.29) is 23.4 Å². The highest BCUT2D eigenvalue weighted by Crippen LogP contribution is 2.37. The summed E-state index contributed by atoms with van der Waals surface area (Å²) in [4.78, 5) is 43.2. The van der Waals surface area contributed by atoms with Gasteiger partial charge in [0, 0.05) is 32.2 Å². The van der Waals surface area contributed by atoms with Gasteiger partial charge < -0.3 is 19.1 Å². The largest absolute Gasteiger partial charge is 0.493 e. The van der Waals surface area contributed by atoms with Crippen molar-refractivity contribution in [2.75, 3.05) is 45.4 Å². The molecule has 0 saturated carbocycles. The first-order valence-corrected chi connectivity index (χ1v) is 14.9. The fourth-order valence-corrected chi connectivity index (χ4v) is 6.61. The number of aromatic nitrogens is 1. The molecule has 4 rings (SSSR count). The molecule has 1 unspecified atom stereocenters. The first kappa shape index (κ1) is 31.1. The molecule has 0 bridgehead atoms. The lowest BCUT2D eigenvalue weighted by Gasteiger charge is -2.35. The molecule has 0 N–H and O–H groups in total. The van der Waals surface area contributed by atoms with Gasteiger partial charge in [0.1, 0.15) is 21.8 Å². The van der Waals surface area contributed by atoms with Crippen LogP contribution in [0.25, 0.3) is 6.08 Å². The number of methoxy groups -OCH3 is 2. The first-order chi connectivity index (χ1) is 20.1. The van der Waals surface area contributed by atoms with E-state index < -0.39 is 5.56 Å². The maximum Gasteiger partial charge on any atom is 0.310 e. The van der Waals surface area contributed by atoms with Crippen LogP contribution in [-0.2, 0) is 27.8 Å². The number of pyridine rings is 1. The Balaban J connectivity index is 1.67. The van der Waals surface area contributed by atoms with E-state index in [4.69, 9.17) is 26.4 Å². The molecule has 2 aromatic rings. The van der Waals surface area contributed by atoms with Crippen LogP contribution in [-0.4, -0.2) is 66.1 Å². The molecule has 1 aromatic heterocycles. The van der Waals surface area contributed by atoms with Gasteiger partial charge >= 0.3 is 5.97 Å². The van der Waals surface area contributed by atoms with Crippen molar-refractivity contribution in [1.29, 1.82) is 5.26 Å². The minimum atomic E-state index is -0.428. The molecule has 2 saturated heterocycles. The van der Waals surface area contributed by atoms with Gasteiger partial charge in [-0.2, -0.15) is 5.26 Å². The number of thioether (sulfide) groups is 1. The monoisotopic (exact) mass is 610 g/mol. The molecule has 1 atom stereocenters. The third-order valence-electron chi connectivity index (χ3n) is 7.53. The van der Waals surface area contributed by atoms with Gasteiger partial charge in [-0.15, -0.1) is 0 Å². The van der Waals surface area contributed by atoms with E-state index in [2.05, 4.69) is 0 Å². The van der Waals surface area contributed by atoms with Crippen LogP contribution in [0.4, 0.5) is 5.82 Å². The molecular formula is C30H34N4O6S2. The van der Waals surface area contributed by atoms with Gasteiger partial charge in [-0.1, -0.05) is 30.0 Å². The van der Waals surface area contributed by atoms with Crippen molar-refractivity contribution in [2.24, 2.45) is 13.0 Å². The van der Waals surface area contributed by atoms with Crippen LogP contribution >= 0.6 is 24.0 Å². The molecule has 3 heterocycles. The molecule has 2 aliphatic rings. The van der Waals surface area contributed by atoms with Crippen LogP contribution in [0.2, 0.25) is 0 Å². The van der Waals surface area contributed by atoms with E-state index in [0.29, 0.717) is 76.8 Å². The van der Waals surface area contributed by atoms with E-state index in [1.165, 1.54) is 16.3 Å². The van der Waals surface area contributed by atoms with Crippen LogP contribution in [0, 0.1) is 24.2 Å². The summed E-state index contributed by atoms with van der Waals surface area (Å²) >= 11 is 6.77. The van der Waals surface area contributed by atoms with Crippen molar-refractivity contribution >= 4 is 52.1 Å². The molecule has 0 radical (unpaired) electrons. The number of benzene rings is 1. The van der Waals surface area contributed by atoms with Crippen LogP contribution in [0.5, 0.6) is 11.5 Å². The molecule has 0 aliphatic carbocycles. The number of thiocarbonyl (C=S) groups is 1. The van der Waals surface area contributed by atoms with Gasteiger partial charge in [-0.3, -0.25) is 23.9 Å². The van der Waals surface area contributed by atoms with Gasteiger partial charge in [-0.05, 0) is 62.4 Å². The molecule has 1 amide bonds. The summed E-state index contributed by atoms with van der Waals surface area (Å²) in [7, 11) is 4.76. The molecule has 2 aliphatic heterocycles. The highest BCUT2D eigenvalue weighted by molar-refractivity contribution is 8.26. The second-order valence-corrected chi connectivity index (χ2v) is 11.7. The van der Waals surface area contributed by atoms with Crippen LogP contribution in [0.1, 0.15) is 42.0 Å². The van der Waals surface area contributed by atoms with E-state index in [0.717, 1.165) is 12.0 Å². The Bertz CT molecular complexity index is 1540. The molecule has 1 aromatic carbocycles. The number of nitriles is 1. The Morgan fingerprint density at radius 2 is 1.98 bits per heavy atom. The third-order valence-corrected chi connectivity index (χ3v) is 8.91. The molecule has 2 fully saturated rings. The molecule has 12 heteroatoms. The maximum absolute atomic E-state index is 13.6. The topological polar surface area (TPSA) is 114 Å². The average Bonchev–Trinajstić information content (AvgIpc) is 3.26. The number of piperidine rings is 1. The summed E-state index contributed by atoms with van der Waals surface area (Å²) in [6.07, 6.45) is 3.68. The van der Waals surface area contributed by atoms with Crippen LogP contribution in [0.15, 0.2) is 27.9 Å². The van der Waals surface area contributed by atoms with Crippen LogP contribution < -0.4 is 19.9 Å². The first-order valence-electron chi connectivity index (χ1n) is 13.7. The third kappa shape index (κ3) is 6.17. The summed E-state index contributed by atoms with van der Waals surface area (Å²) < 4.78 is 17.8. The standard InChI is InChI=1S/C30H34N4O6S2/c1-6-40-29(37)20-8-7-12-33(17-20)26-21(18(2)22(16-31)27(35)32(26)3)15-25-28(36)34(30(41)42-25)13-11-19-9-10-23(38-4)24(14-19)39-5/h9-10,14-15,20H,6-8,11-13,17H2,1-5H3. The zero-order valence-electron chi connectivity index (χ0n) is 24.4. The number of hydrogen-bond acceptors (Lipinski definition) is 10. The zero-order valence-corrected chi connectivity index (χ0v) is 26.0. The summed E-state index contributed by atoms with van der Waals surface area (Å²) in [6, 6.07) is 7.64. The van der Waals surface area contributed by atoms with Gasteiger partial charge in [-0.25, -0.2) is 0 Å². The predicted molar refractivity (Wildman–Crippen MR) is 166 cm³/mol. The fourth-order valence-electron chi connectivity index (χ4n) is 5.32. The van der Waals surface area contributed by atoms with Crippen molar-refractivity contribution in [3.63, 3.8) is 0 Å². The smallest absolute Gasteiger partial charge is 0.310 e. The number of carbonyl (C=O) groups excluding carboxylic acids is 2. The minimum absolute atomic E-state index is 0.00961. The zero-order chi connectivity index (χ0) is 30.6. The number of nitrogens with zero attached hydrogens (tertiary/aromatic N) is 4. The second kappa shape index (κ2) is 13.4. The van der Waals surface area contributed by atoms with Crippen molar-refractivity contribution in [2.45, 2.75) is 33.1 Å². The lowest BCUT2D eigenvalue weighted by Crippen LogP contribution is -2.42. The quantitative estimate of drug-likeness (QED) is 0.236. The predicted octanol–water partition coefficient (Wildman–Crippen LogP) is 3.81. The normalized spacial score (nSPS) is 17.9.